The van der Waals surface area contributed by atoms with E-state index in [2.05, 4.69) is 48.3 Å². The Kier molecular flexibility index (Phi) is 3.69. The van der Waals surface area contributed by atoms with Crippen molar-refractivity contribution in [3.05, 3.63) is 65.5 Å². The molecule has 2 aromatic carbocycles. The van der Waals surface area contributed by atoms with Gasteiger partial charge in [-0.1, -0.05) is 41.6 Å². The van der Waals surface area contributed by atoms with Crippen molar-refractivity contribution < 1.29 is 4.39 Å². The normalized spacial score (nSPS) is 16.6. The predicted molar refractivity (Wildman–Crippen MR) is 93.8 cm³/mol. The fourth-order valence-electron chi connectivity index (χ4n) is 2.63. The highest BCUT2D eigenvalue weighted by atomic mass is 32.2. The van der Waals surface area contributed by atoms with Crippen LogP contribution in [0.15, 0.2) is 58.8 Å². The van der Waals surface area contributed by atoms with Gasteiger partial charge in [0.05, 0.1) is 11.0 Å². The molecule has 0 saturated heterocycles. The van der Waals surface area contributed by atoms with E-state index in [1.165, 1.54) is 17.7 Å². The Morgan fingerprint density at radius 1 is 0.958 bits per heavy atom. The highest BCUT2D eigenvalue weighted by Crippen LogP contribution is 2.32. The molecule has 0 radical (unpaired) electrons. The second kappa shape index (κ2) is 5.87. The molecule has 0 spiro atoms. The molecule has 120 valence electrons. The van der Waals surface area contributed by atoms with E-state index in [0.717, 1.165) is 22.0 Å². The minimum Gasteiger partial charge on any atom is -0.207 e. The first-order valence-corrected chi connectivity index (χ1v) is 8.54. The Balaban J connectivity index is 1.81. The fraction of sp³-hybridized carbons (Fsp3) is 0.167. The van der Waals surface area contributed by atoms with E-state index in [0.29, 0.717) is 5.82 Å². The summed E-state index contributed by atoms with van der Waals surface area (Å²) < 4.78 is 14.9. The van der Waals surface area contributed by atoms with Crippen LogP contribution in [0.4, 0.5) is 4.39 Å². The largest absolute Gasteiger partial charge is 0.213 e. The lowest BCUT2D eigenvalue weighted by atomic mass is 10.1. The number of fused-ring (bicyclic) bond motifs is 1. The van der Waals surface area contributed by atoms with E-state index >= 15 is 0 Å². The number of halogens is 1. The highest BCUT2D eigenvalue weighted by Gasteiger charge is 2.26. The van der Waals surface area contributed by atoms with Crippen molar-refractivity contribution in [2.24, 2.45) is 5.10 Å². The van der Waals surface area contributed by atoms with Crippen molar-refractivity contribution in [3.63, 3.8) is 0 Å². The van der Waals surface area contributed by atoms with Gasteiger partial charge in [0, 0.05) is 5.56 Å². The van der Waals surface area contributed by atoms with Crippen LogP contribution in [0.25, 0.3) is 11.4 Å². The minimum absolute atomic E-state index is 0.186. The lowest BCUT2D eigenvalue weighted by molar-refractivity contribution is 0.628. The summed E-state index contributed by atoms with van der Waals surface area (Å²) in [6.45, 7) is 4.17. The van der Waals surface area contributed by atoms with Crippen molar-refractivity contribution in [1.29, 1.82) is 0 Å². The zero-order valence-electron chi connectivity index (χ0n) is 13.3. The molecule has 0 fully saturated rings. The molecule has 1 atom stereocenters. The molecule has 2 heterocycles. The van der Waals surface area contributed by atoms with Gasteiger partial charge < -0.3 is 0 Å². The third-order valence-corrected chi connectivity index (χ3v) is 4.98. The number of benzene rings is 2. The Hall–Kier alpha value is -2.47. The SMILES string of the molecule is Cc1ccc(C2=Nn3c(nnc3-c3ccc(F)cc3)S[C@H]2C)cc1. The second-order valence-electron chi connectivity index (χ2n) is 5.74. The third kappa shape index (κ3) is 2.63. The summed E-state index contributed by atoms with van der Waals surface area (Å²) in [6, 6.07) is 14.5. The van der Waals surface area contributed by atoms with E-state index < -0.39 is 0 Å². The van der Waals surface area contributed by atoms with E-state index in [9.17, 15) is 4.39 Å². The Labute approximate surface area is 143 Å². The summed E-state index contributed by atoms with van der Waals surface area (Å²) in [5, 5.41) is 14.2. The molecule has 0 unspecified atom stereocenters. The maximum absolute atomic E-state index is 13.2. The first kappa shape index (κ1) is 15.1. The maximum Gasteiger partial charge on any atom is 0.213 e. The van der Waals surface area contributed by atoms with Crippen LogP contribution >= 0.6 is 11.8 Å². The predicted octanol–water partition coefficient (Wildman–Crippen LogP) is 4.14. The Morgan fingerprint density at radius 3 is 2.33 bits per heavy atom. The Morgan fingerprint density at radius 2 is 1.62 bits per heavy atom. The van der Waals surface area contributed by atoms with Gasteiger partial charge in [-0.25, -0.2) is 4.39 Å². The molecule has 4 nitrogen and oxygen atoms in total. The molecule has 0 bridgehead atoms. The number of hydrogen-bond acceptors (Lipinski definition) is 4. The number of aromatic nitrogens is 3. The number of hydrogen-bond donors (Lipinski definition) is 0. The molecule has 6 heteroatoms. The number of nitrogens with zero attached hydrogens (tertiary/aromatic N) is 4. The molecular weight excluding hydrogens is 323 g/mol. The van der Waals surface area contributed by atoms with Gasteiger partial charge in [0.25, 0.3) is 0 Å². The summed E-state index contributed by atoms with van der Waals surface area (Å²) >= 11 is 1.62. The molecule has 0 saturated carbocycles. The average molecular weight is 338 g/mol. The topological polar surface area (TPSA) is 43.1 Å². The number of aryl methyl sites for hydroxylation is 1. The van der Waals surface area contributed by atoms with Crippen LogP contribution < -0.4 is 0 Å². The number of thioether (sulfide) groups is 1. The average Bonchev–Trinajstić information content (AvgIpc) is 2.98. The minimum atomic E-state index is -0.274. The highest BCUT2D eigenvalue weighted by molar-refractivity contribution is 8.00. The molecule has 0 amide bonds. The van der Waals surface area contributed by atoms with Crippen LogP contribution in [0.3, 0.4) is 0 Å². The van der Waals surface area contributed by atoms with E-state index in [1.54, 1.807) is 28.6 Å². The molecule has 24 heavy (non-hydrogen) atoms. The fourth-order valence-corrected chi connectivity index (χ4v) is 3.55. The van der Waals surface area contributed by atoms with Gasteiger partial charge >= 0.3 is 0 Å². The van der Waals surface area contributed by atoms with Gasteiger partial charge in [0.15, 0.2) is 5.82 Å². The lowest BCUT2D eigenvalue weighted by Crippen LogP contribution is -2.21. The summed E-state index contributed by atoms with van der Waals surface area (Å²) in [5.41, 5.74) is 4.07. The van der Waals surface area contributed by atoms with Crippen molar-refractivity contribution in [2.75, 3.05) is 0 Å². The molecular formula is C18H15FN4S. The van der Waals surface area contributed by atoms with Gasteiger partial charge in [-0.3, -0.25) is 0 Å². The van der Waals surface area contributed by atoms with E-state index in [-0.39, 0.29) is 11.1 Å². The quantitative estimate of drug-likeness (QED) is 0.705. The molecule has 3 aromatic rings. The summed E-state index contributed by atoms with van der Waals surface area (Å²) in [6.07, 6.45) is 0. The molecule has 1 aliphatic rings. The van der Waals surface area contributed by atoms with Gasteiger partial charge in [0.1, 0.15) is 5.82 Å². The van der Waals surface area contributed by atoms with Crippen molar-refractivity contribution in [2.45, 2.75) is 24.3 Å². The monoisotopic (exact) mass is 338 g/mol. The first-order chi connectivity index (χ1) is 11.6. The van der Waals surface area contributed by atoms with Crippen molar-refractivity contribution in [3.8, 4) is 11.4 Å². The van der Waals surface area contributed by atoms with Gasteiger partial charge in [-0.2, -0.15) is 9.78 Å². The molecule has 1 aromatic heterocycles. The Bertz CT molecular complexity index is 913. The zero-order valence-corrected chi connectivity index (χ0v) is 14.1. The van der Waals surface area contributed by atoms with Gasteiger partial charge in [-0.05, 0) is 43.7 Å². The van der Waals surface area contributed by atoms with E-state index in [1.807, 2.05) is 0 Å². The van der Waals surface area contributed by atoms with Crippen LogP contribution in [-0.4, -0.2) is 25.8 Å². The molecule has 1 aliphatic heterocycles. The van der Waals surface area contributed by atoms with Crippen LogP contribution in [0, 0.1) is 12.7 Å². The van der Waals surface area contributed by atoms with Crippen molar-refractivity contribution >= 4 is 17.5 Å². The molecule has 0 aliphatic carbocycles. The summed E-state index contributed by atoms with van der Waals surface area (Å²) in [5.74, 6) is 0.345. The van der Waals surface area contributed by atoms with Gasteiger partial charge in [-0.15, -0.1) is 10.2 Å². The first-order valence-electron chi connectivity index (χ1n) is 7.66. The summed E-state index contributed by atoms with van der Waals surface area (Å²) in [4.78, 5) is 0. The smallest absolute Gasteiger partial charge is 0.207 e. The lowest BCUT2D eigenvalue weighted by Gasteiger charge is -2.20. The van der Waals surface area contributed by atoms with Crippen LogP contribution in [0.5, 0.6) is 0 Å². The van der Waals surface area contributed by atoms with E-state index in [4.69, 9.17) is 5.10 Å². The van der Waals surface area contributed by atoms with Crippen LogP contribution in [-0.2, 0) is 0 Å². The van der Waals surface area contributed by atoms with Crippen LogP contribution in [0.1, 0.15) is 18.1 Å². The van der Waals surface area contributed by atoms with Crippen LogP contribution in [0.2, 0.25) is 0 Å². The van der Waals surface area contributed by atoms with Gasteiger partial charge in [0.2, 0.25) is 5.16 Å². The van der Waals surface area contributed by atoms with Crippen molar-refractivity contribution in [1.82, 2.24) is 14.9 Å². The maximum atomic E-state index is 13.2. The zero-order chi connectivity index (χ0) is 16.7. The second-order valence-corrected chi connectivity index (χ2v) is 7.04. The summed E-state index contributed by atoms with van der Waals surface area (Å²) in [7, 11) is 0. The standard InChI is InChI=1S/C18H15FN4S/c1-11-3-5-13(6-4-11)16-12(2)24-18-21-20-17(23(18)22-16)14-7-9-15(19)10-8-14/h3-10,12H,1-2H3/t12-/m0/s1. The number of rotatable bonds is 2. The third-order valence-electron chi connectivity index (χ3n) is 3.94. The molecule has 4 rings (SSSR count). The molecule has 0 N–H and O–H groups in total.